The minimum absolute atomic E-state index is 0.0991. The van der Waals surface area contributed by atoms with Crippen LogP contribution in [-0.2, 0) is 12.4 Å². The highest BCUT2D eigenvalue weighted by Gasteiger charge is 2.34. The van der Waals surface area contributed by atoms with Gasteiger partial charge in [-0.1, -0.05) is 24.3 Å². The number of piperazine rings is 1. The molecule has 1 saturated heterocycles. The maximum Gasteiger partial charge on any atom is 0.416 e. The second kappa shape index (κ2) is 7.40. The lowest BCUT2D eigenvalue weighted by molar-refractivity contribution is -0.138. The van der Waals surface area contributed by atoms with Crippen molar-refractivity contribution in [2.45, 2.75) is 24.4 Å². The molecule has 2 aromatic rings. The molecule has 0 N–H and O–H groups in total. The maximum atomic E-state index is 12.8. The zero-order valence-electron chi connectivity index (χ0n) is 15.3. The molecular formula is C20H20F6N2. The topological polar surface area (TPSA) is 6.48 Å². The van der Waals surface area contributed by atoms with Gasteiger partial charge in [0.05, 0.1) is 11.1 Å². The summed E-state index contributed by atoms with van der Waals surface area (Å²) in [6.07, 6.45) is -8.75. The van der Waals surface area contributed by atoms with Crippen molar-refractivity contribution in [1.82, 2.24) is 9.80 Å². The van der Waals surface area contributed by atoms with Gasteiger partial charge in [0.1, 0.15) is 0 Å². The molecule has 0 amide bonds. The molecule has 0 spiro atoms. The van der Waals surface area contributed by atoms with Gasteiger partial charge in [0.15, 0.2) is 0 Å². The van der Waals surface area contributed by atoms with Gasteiger partial charge in [-0.25, -0.2) is 0 Å². The first-order valence-corrected chi connectivity index (χ1v) is 8.71. The van der Waals surface area contributed by atoms with E-state index >= 15 is 0 Å². The van der Waals surface area contributed by atoms with E-state index in [1.54, 1.807) is 0 Å². The van der Waals surface area contributed by atoms with Crippen LogP contribution in [0, 0.1) is 0 Å². The van der Waals surface area contributed by atoms with E-state index < -0.39 is 23.5 Å². The highest BCUT2D eigenvalue weighted by molar-refractivity contribution is 5.30. The minimum atomic E-state index is -4.37. The van der Waals surface area contributed by atoms with Gasteiger partial charge in [-0.3, -0.25) is 9.80 Å². The van der Waals surface area contributed by atoms with Crippen molar-refractivity contribution < 1.29 is 26.3 Å². The third-order valence-electron chi connectivity index (χ3n) is 5.23. The number of benzene rings is 2. The van der Waals surface area contributed by atoms with Crippen LogP contribution in [0.1, 0.15) is 34.3 Å². The number of hydrogen-bond donors (Lipinski definition) is 0. The molecule has 2 aromatic carbocycles. The third-order valence-corrected chi connectivity index (χ3v) is 5.23. The Morgan fingerprint density at radius 3 is 1.14 bits per heavy atom. The number of likely N-dealkylation sites (N-methyl/N-ethyl adjacent to an activating group) is 2. The predicted molar refractivity (Wildman–Crippen MR) is 93.6 cm³/mol. The lowest BCUT2D eigenvalue weighted by Gasteiger charge is -2.44. The monoisotopic (exact) mass is 402 g/mol. The highest BCUT2D eigenvalue weighted by atomic mass is 19.4. The Labute approximate surface area is 159 Å². The molecule has 152 valence electrons. The van der Waals surface area contributed by atoms with E-state index in [2.05, 4.69) is 0 Å². The molecule has 3 rings (SSSR count). The maximum absolute atomic E-state index is 12.8. The lowest BCUT2D eigenvalue weighted by Crippen LogP contribution is -2.46. The van der Waals surface area contributed by atoms with Crippen LogP contribution in [0.2, 0.25) is 0 Å². The molecule has 1 aliphatic rings. The molecule has 0 saturated carbocycles. The van der Waals surface area contributed by atoms with Crippen molar-refractivity contribution >= 4 is 0 Å². The summed E-state index contributed by atoms with van der Waals surface area (Å²) in [6, 6.07) is 10.0. The van der Waals surface area contributed by atoms with Crippen LogP contribution in [0.3, 0.4) is 0 Å². The lowest BCUT2D eigenvalue weighted by atomic mass is 9.95. The summed E-state index contributed by atoms with van der Waals surface area (Å²) < 4.78 is 76.5. The van der Waals surface area contributed by atoms with Gasteiger partial charge < -0.3 is 0 Å². The van der Waals surface area contributed by atoms with Crippen LogP contribution in [0.15, 0.2) is 48.5 Å². The van der Waals surface area contributed by atoms with Crippen LogP contribution in [0.25, 0.3) is 0 Å². The van der Waals surface area contributed by atoms with Crippen molar-refractivity contribution in [3.05, 3.63) is 70.8 Å². The molecule has 1 heterocycles. The zero-order chi connectivity index (χ0) is 20.7. The Balaban J connectivity index is 1.75. The molecule has 2 nitrogen and oxygen atoms in total. The van der Waals surface area contributed by atoms with Crippen molar-refractivity contribution in [3.63, 3.8) is 0 Å². The van der Waals surface area contributed by atoms with Crippen LogP contribution >= 0.6 is 0 Å². The van der Waals surface area contributed by atoms with E-state index in [0.29, 0.717) is 13.1 Å². The Hall–Kier alpha value is -2.06. The highest BCUT2D eigenvalue weighted by Crippen LogP contribution is 2.36. The smallest absolute Gasteiger partial charge is 0.296 e. The molecule has 0 bridgehead atoms. The van der Waals surface area contributed by atoms with Crippen molar-refractivity contribution in [2.75, 3.05) is 27.2 Å². The van der Waals surface area contributed by atoms with E-state index in [0.717, 1.165) is 35.4 Å². The summed E-state index contributed by atoms with van der Waals surface area (Å²) in [7, 11) is 3.73. The largest absolute Gasteiger partial charge is 0.416 e. The summed E-state index contributed by atoms with van der Waals surface area (Å²) in [6.45, 7) is 1.10. The first kappa shape index (κ1) is 20.7. The summed E-state index contributed by atoms with van der Waals surface area (Å²) in [5.41, 5.74) is 0.165. The second-order valence-corrected chi connectivity index (χ2v) is 7.15. The molecule has 0 aliphatic carbocycles. The summed E-state index contributed by atoms with van der Waals surface area (Å²) in [4.78, 5) is 4.04. The molecule has 0 radical (unpaired) electrons. The van der Waals surface area contributed by atoms with E-state index in [4.69, 9.17) is 0 Å². The van der Waals surface area contributed by atoms with E-state index in [1.807, 2.05) is 23.9 Å². The van der Waals surface area contributed by atoms with Gasteiger partial charge in [-0.05, 0) is 49.5 Å². The fourth-order valence-electron chi connectivity index (χ4n) is 3.59. The number of hydrogen-bond acceptors (Lipinski definition) is 2. The zero-order valence-corrected chi connectivity index (χ0v) is 15.3. The fourth-order valence-corrected chi connectivity index (χ4v) is 3.59. The van der Waals surface area contributed by atoms with Crippen molar-refractivity contribution in [2.24, 2.45) is 0 Å². The Morgan fingerprint density at radius 1 is 0.607 bits per heavy atom. The van der Waals surface area contributed by atoms with Gasteiger partial charge in [0, 0.05) is 25.2 Å². The predicted octanol–water partition coefficient (Wildman–Crippen LogP) is 5.38. The van der Waals surface area contributed by atoms with Gasteiger partial charge in [-0.2, -0.15) is 26.3 Å². The first-order valence-electron chi connectivity index (χ1n) is 8.71. The molecule has 0 unspecified atom stereocenters. The quantitative estimate of drug-likeness (QED) is 0.622. The van der Waals surface area contributed by atoms with E-state index in [1.165, 1.54) is 24.3 Å². The van der Waals surface area contributed by atoms with Crippen molar-refractivity contribution in [3.8, 4) is 0 Å². The average Bonchev–Trinajstić information content (AvgIpc) is 2.62. The Morgan fingerprint density at radius 2 is 0.893 bits per heavy atom. The average molecular weight is 402 g/mol. The fraction of sp³-hybridized carbons (Fsp3) is 0.400. The number of nitrogens with zero attached hydrogens (tertiary/aromatic N) is 2. The molecular weight excluding hydrogens is 382 g/mol. The number of alkyl halides is 6. The Kier molecular flexibility index (Phi) is 5.46. The molecule has 28 heavy (non-hydrogen) atoms. The Bertz CT molecular complexity index is 726. The van der Waals surface area contributed by atoms with Gasteiger partial charge in [0.2, 0.25) is 0 Å². The molecule has 1 fully saturated rings. The standard InChI is InChI=1S/C20H20F6N2/c1-27-11-18(14-5-9-16(10-6-14)20(24,25)26)28(2)12-17(27)13-3-7-15(8-4-13)19(21,22)23/h3-10,17-18H,11-12H2,1-2H3/t17-,18-/m0/s1. The molecule has 1 aliphatic heterocycles. The number of rotatable bonds is 2. The van der Waals surface area contributed by atoms with Gasteiger partial charge in [0.25, 0.3) is 0 Å². The van der Waals surface area contributed by atoms with Crippen LogP contribution in [0.5, 0.6) is 0 Å². The summed E-state index contributed by atoms with van der Waals surface area (Å²) in [5.74, 6) is 0. The van der Waals surface area contributed by atoms with Gasteiger partial charge >= 0.3 is 12.4 Å². The molecule has 0 aromatic heterocycles. The van der Waals surface area contributed by atoms with Crippen LogP contribution in [0.4, 0.5) is 26.3 Å². The van der Waals surface area contributed by atoms with Crippen LogP contribution < -0.4 is 0 Å². The normalized spacial score (nSPS) is 22.4. The van der Waals surface area contributed by atoms with Gasteiger partial charge in [-0.15, -0.1) is 0 Å². The van der Waals surface area contributed by atoms with E-state index in [9.17, 15) is 26.3 Å². The van der Waals surface area contributed by atoms with Crippen molar-refractivity contribution in [1.29, 1.82) is 0 Å². The number of halogens is 6. The van der Waals surface area contributed by atoms with Crippen LogP contribution in [-0.4, -0.2) is 37.0 Å². The molecule has 2 atom stereocenters. The first-order chi connectivity index (χ1) is 13.0. The minimum Gasteiger partial charge on any atom is -0.296 e. The summed E-state index contributed by atoms with van der Waals surface area (Å²) >= 11 is 0. The van der Waals surface area contributed by atoms with E-state index in [-0.39, 0.29) is 12.1 Å². The second-order valence-electron chi connectivity index (χ2n) is 7.15. The third kappa shape index (κ3) is 4.33. The molecule has 8 heteroatoms. The summed E-state index contributed by atoms with van der Waals surface area (Å²) in [5, 5.41) is 0. The SMILES string of the molecule is CN1C[C@@H](c2ccc(C(F)(F)F)cc2)N(C)C[C@H]1c1ccc(C(F)(F)F)cc1.